The van der Waals surface area contributed by atoms with Crippen molar-refractivity contribution in [2.45, 2.75) is 0 Å². The van der Waals surface area contributed by atoms with Gasteiger partial charge in [0.15, 0.2) is 11.6 Å². The summed E-state index contributed by atoms with van der Waals surface area (Å²) in [5.41, 5.74) is 2.74. The molecule has 0 saturated heterocycles. The average molecular weight is 313 g/mol. The molecule has 0 aliphatic rings. The van der Waals surface area contributed by atoms with Gasteiger partial charge >= 0.3 is 0 Å². The number of benzene rings is 2. The molecule has 108 valence electrons. The normalized spacial score (nSPS) is 11.2. The Morgan fingerprint density at radius 1 is 0.955 bits per heavy atom. The fourth-order valence-electron chi connectivity index (χ4n) is 2.28. The highest BCUT2D eigenvalue weighted by atomic mass is 32.1. The van der Waals surface area contributed by atoms with Crippen LogP contribution < -0.4 is 0 Å². The third-order valence-electron chi connectivity index (χ3n) is 3.36. The predicted octanol–water partition coefficient (Wildman–Crippen LogP) is 4.63. The minimum absolute atomic E-state index is 0.401. The van der Waals surface area contributed by atoms with Gasteiger partial charge in [0.1, 0.15) is 10.8 Å². The van der Waals surface area contributed by atoms with E-state index in [-0.39, 0.29) is 0 Å². The average Bonchev–Trinajstić information content (AvgIpc) is 3.17. The van der Waals surface area contributed by atoms with Crippen LogP contribution in [0.1, 0.15) is 0 Å². The fraction of sp³-hybridized carbons (Fsp3) is 0. The zero-order valence-corrected chi connectivity index (χ0v) is 12.0. The number of hydrogen-bond donors (Lipinski definition) is 1. The van der Waals surface area contributed by atoms with E-state index in [0.717, 1.165) is 28.3 Å². The molecular weight excluding hydrogens is 304 g/mol. The molecule has 0 spiro atoms. The molecule has 6 heteroatoms. The summed E-state index contributed by atoms with van der Waals surface area (Å²) in [6.45, 7) is 0. The van der Waals surface area contributed by atoms with Crippen LogP contribution >= 0.6 is 11.3 Å². The van der Waals surface area contributed by atoms with Crippen LogP contribution in [0, 0.1) is 11.6 Å². The standard InChI is InChI=1S/C16H9F2N3S/c17-11-7-13-14(8-12(11)18)21-15(20-13)9-1-3-10(4-2-9)16-19-5-6-22-16/h1-8H,(H,20,21). The molecule has 0 saturated carbocycles. The Bertz CT molecular complexity index is 905. The lowest BCUT2D eigenvalue weighted by Gasteiger charge is -1.99. The number of H-pyrrole nitrogens is 1. The van der Waals surface area contributed by atoms with Crippen LogP contribution in [0.2, 0.25) is 0 Å². The first kappa shape index (κ1) is 13.1. The number of nitrogens with zero attached hydrogens (tertiary/aromatic N) is 2. The number of aromatic nitrogens is 3. The SMILES string of the molecule is Fc1cc2nc(-c3ccc(-c4nccs4)cc3)[nH]c2cc1F. The Morgan fingerprint density at radius 2 is 1.68 bits per heavy atom. The summed E-state index contributed by atoms with van der Waals surface area (Å²) in [6.07, 6.45) is 1.76. The van der Waals surface area contributed by atoms with Crippen molar-refractivity contribution in [1.82, 2.24) is 15.0 Å². The molecule has 4 aromatic rings. The van der Waals surface area contributed by atoms with Crippen molar-refractivity contribution in [3.05, 3.63) is 59.6 Å². The first-order valence-electron chi connectivity index (χ1n) is 6.56. The van der Waals surface area contributed by atoms with Crippen LogP contribution in [0.3, 0.4) is 0 Å². The Kier molecular flexibility index (Phi) is 2.97. The van der Waals surface area contributed by atoms with E-state index in [2.05, 4.69) is 15.0 Å². The van der Waals surface area contributed by atoms with E-state index < -0.39 is 11.6 Å². The van der Waals surface area contributed by atoms with E-state index >= 15 is 0 Å². The molecule has 1 N–H and O–H groups in total. The van der Waals surface area contributed by atoms with E-state index in [1.54, 1.807) is 17.5 Å². The van der Waals surface area contributed by atoms with E-state index in [4.69, 9.17) is 0 Å². The second-order valence-corrected chi connectivity index (χ2v) is 5.68. The summed E-state index contributed by atoms with van der Waals surface area (Å²) in [5.74, 6) is -1.21. The second-order valence-electron chi connectivity index (χ2n) is 4.78. The molecule has 0 amide bonds. The summed E-state index contributed by atoms with van der Waals surface area (Å²) in [4.78, 5) is 11.6. The highest BCUT2D eigenvalue weighted by Crippen LogP contribution is 2.26. The van der Waals surface area contributed by atoms with Gasteiger partial charge in [0.05, 0.1) is 11.0 Å². The van der Waals surface area contributed by atoms with E-state index in [1.807, 2.05) is 29.6 Å². The number of rotatable bonds is 2. The molecule has 0 aliphatic heterocycles. The van der Waals surface area contributed by atoms with E-state index in [0.29, 0.717) is 16.9 Å². The first-order valence-corrected chi connectivity index (χ1v) is 7.44. The Hall–Kier alpha value is -2.60. The van der Waals surface area contributed by atoms with Gasteiger partial charge in [-0.1, -0.05) is 24.3 Å². The highest BCUT2D eigenvalue weighted by Gasteiger charge is 2.10. The van der Waals surface area contributed by atoms with Crippen molar-refractivity contribution in [1.29, 1.82) is 0 Å². The number of aromatic amines is 1. The molecule has 0 atom stereocenters. The minimum atomic E-state index is -0.898. The molecule has 0 unspecified atom stereocenters. The van der Waals surface area contributed by atoms with Crippen LogP contribution in [-0.2, 0) is 0 Å². The zero-order chi connectivity index (χ0) is 15.1. The van der Waals surface area contributed by atoms with E-state index in [9.17, 15) is 8.78 Å². The molecule has 0 bridgehead atoms. The molecule has 2 heterocycles. The molecular formula is C16H9F2N3S. The molecule has 22 heavy (non-hydrogen) atoms. The molecule has 4 rings (SSSR count). The molecule has 3 nitrogen and oxygen atoms in total. The topological polar surface area (TPSA) is 41.6 Å². The van der Waals surface area contributed by atoms with Crippen molar-refractivity contribution in [2.75, 3.05) is 0 Å². The van der Waals surface area contributed by atoms with Gasteiger partial charge in [0.2, 0.25) is 0 Å². The molecule has 2 aromatic heterocycles. The quantitative estimate of drug-likeness (QED) is 0.586. The smallest absolute Gasteiger partial charge is 0.161 e. The number of fused-ring (bicyclic) bond motifs is 1. The van der Waals surface area contributed by atoms with Crippen molar-refractivity contribution in [3.8, 4) is 22.0 Å². The van der Waals surface area contributed by atoms with Crippen LogP contribution in [0.5, 0.6) is 0 Å². The summed E-state index contributed by atoms with van der Waals surface area (Å²) in [7, 11) is 0. The molecule has 0 radical (unpaired) electrons. The van der Waals surface area contributed by atoms with Crippen molar-refractivity contribution in [2.24, 2.45) is 0 Å². The van der Waals surface area contributed by atoms with Gasteiger partial charge in [-0.25, -0.2) is 18.7 Å². The van der Waals surface area contributed by atoms with Crippen molar-refractivity contribution < 1.29 is 8.78 Å². The summed E-state index contributed by atoms with van der Waals surface area (Å²) >= 11 is 1.57. The van der Waals surface area contributed by atoms with Crippen LogP contribution in [0.15, 0.2) is 48.0 Å². The number of imidazole rings is 1. The first-order chi connectivity index (χ1) is 10.7. The number of halogens is 2. The zero-order valence-electron chi connectivity index (χ0n) is 11.2. The van der Waals surface area contributed by atoms with Crippen LogP contribution in [0.4, 0.5) is 8.78 Å². The Balaban J connectivity index is 1.75. The minimum Gasteiger partial charge on any atom is -0.338 e. The maximum atomic E-state index is 13.2. The second kappa shape index (κ2) is 4.99. The van der Waals surface area contributed by atoms with Crippen molar-refractivity contribution in [3.63, 3.8) is 0 Å². The fourth-order valence-corrected chi connectivity index (χ4v) is 2.92. The van der Waals surface area contributed by atoms with Crippen LogP contribution in [0.25, 0.3) is 33.0 Å². The van der Waals surface area contributed by atoms with E-state index in [1.165, 1.54) is 0 Å². The van der Waals surface area contributed by atoms with Gasteiger partial charge in [0, 0.05) is 34.8 Å². The maximum Gasteiger partial charge on any atom is 0.161 e. The van der Waals surface area contributed by atoms with Gasteiger partial charge in [-0.2, -0.15) is 0 Å². The monoisotopic (exact) mass is 313 g/mol. The number of nitrogens with one attached hydrogen (secondary N) is 1. The summed E-state index contributed by atoms with van der Waals surface area (Å²) in [5, 5.41) is 2.87. The lowest BCUT2D eigenvalue weighted by molar-refractivity contribution is 0.510. The lowest BCUT2D eigenvalue weighted by atomic mass is 10.1. The number of thiazole rings is 1. The third kappa shape index (κ3) is 2.17. The molecule has 0 fully saturated rings. The lowest BCUT2D eigenvalue weighted by Crippen LogP contribution is -1.82. The van der Waals surface area contributed by atoms with Gasteiger partial charge < -0.3 is 4.98 Å². The number of hydrogen-bond acceptors (Lipinski definition) is 3. The maximum absolute atomic E-state index is 13.2. The van der Waals surface area contributed by atoms with Gasteiger partial charge in [-0.15, -0.1) is 11.3 Å². The third-order valence-corrected chi connectivity index (χ3v) is 4.18. The van der Waals surface area contributed by atoms with Crippen LogP contribution in [-0.4, -0.2) is 15.0 Å². The largest absolute Gasteiger partial charge is 0.338 e. The molecule has 0 aliphatic carbocycles. The van der Waals surface area contributed by atoms with Gasteiger partial charge in [-0.3, -0.25) is 0 Å². The Labute approximate surface area is 128 Å². The van der Waals surface area contributed by atoms with Gasteiger partial charge in [-0.05, 0) is 0 Å². The van der Waals surface area contributed by atoms with Crippen molar-refractivity contribution >= 4 is 22.4 Å². The predicted molar refractivity (Wildman–Crippen MR) is 82.6 cm³/mol. The van der Waals surface area contributed by atoms with Gasteiger partial charge in [0.25, 0.3) is 0 Å². The summed E-state index contributed by atoms with van der Waals surface area (Å²) < 4.78 is 26.5. The summed E-state index contributed by atoms with van der Waals surface area (Å²) in [6, 6.07) is 9.91. The molecule has 2 aromatic carbocycles. The Morgan fingerprint density at radius 3 is 2.41 bits per heavy atom. The highest BCUT2D eigenvalue weighted by molar-refractivity contribution is 7.13.